The minimum absolute atomic E-state index is 0.170. The second-order valence-corrected chi connectivity index (χ2v) is 9.59. The Hall–Kier alpha value is -2.38. The summed E-state index contributed by atoms with van der Waals surface area (Å²) in [5, 5.41) is 2.80. The summed E-state index contributed by atoms with van der Waals surface area (Å²) in [6, 6.07) is 12.1. The fraction of sp³-hybridized carbons (Fsp3) is 0.435. The third kappa shape index (κ3) is 5.40. The highest BCUT2D eigenvalue weighted by Crippen LogP contribution is 2.22. The molecule has 3 rings (SSSR count). The van der Waals surface area contributed by atoms with Gasteiger partial charge < -0.3 is 10.1 Å². The largest absolute Gasteiger partial charge is 0.491 e. The third-order valence-electron chi connectivity index (χ3n) is 5.50. The van der Waals surface area contributed by atoms with Gasteiger partial charge in [-0.05, 0) is 62.1 Å². The molecule has 1 fully saturated rings. The molecule has 1 amide bonds. The van der Waals surface area contributed by atoms with Crippen LogP contribution in [-0.4, -0.2) is 44.9 Å². The number of nitrogens with one attached hydrogen (secondary N) is 1. The summed E-state index contributed by atoms with van der Waals surface area (Å²) in [6.07, 6.45) is 3.86. The van der Waals surface area contributed by atoms with Gasteiger partial charge in [0.25, 0.3) is 5.91 Å². The van der Waals surface area contributed by atoms with Gasteiger partial charge in [0, 0.05) is 18.7 Å². The van der Waals surface area contributed by atoms with Crippen molar-refractivity contribution in [2.24, 2.45) is 0 Å². The van der Waals surface area contributed by atoms with Crippen LogP contribution in [0.4, 0.5) is 0 Å². The first-order valence-electron chi connectivity index (χ1n) is 10.5. The number of amides is 1. The Morgan fingerprint density at radius 3 is 2.47 bits per heavy atom. The van der Waals surface area contributed by atoms with Gasteiger partial charge in [-0.25, -0.2) is 8.42 Å². The summed E-state index contributed by atoms with van der Waals surface area (Å²) in [4.78, 5) is 12.7. The van der Waals surface area contributed by atoms with Gasteiger partial charge >= 0.3 is 0 Å². The molecule has 0 atom stereocenters. The average molecular weight is 431 g/mol. The summed E-state index contributed by atoms with van der Waals surface area (Å²) in [5.74, 6) is 0.488. The van der Waals surface area contributed by atoms with Gasteiger partial charge in [0.2, 0.25) is 10.0 Å². The van der Waals surface area contributed by atoms with Crippen molar-refractivity contribution < 1.29 is 17.9 Å². The second-order valence-electron chi connectivity index (χ2n) is 7.65. The van der Waals surface area contributed by atoms with E-state index in [1.54, 1.807) is 18.2 Å². The van der Waals surface area contributed by atoms with E-state index in [0.717, 1.165) is 42.6 Å². The molecule has 1 N–H and O–H groups in total. The fourth-order valence-electron chi connectivity index (χ4n) is 3.54. The zero-order valence-electron chi connectivity index (χ0n) is 17.7. The van der Waals surface area contributed by atoms with Crippen molar-refractivity contribution >= 4 is 15.9 Å². The van der Waals surface area contributed by atoms with Gasteiger partial charge in [-0.1, -0.05) is 31.0 Å². The fourth-order valence-corrected chi connectivity index (χ4v) is 5.10. The van der Waals surface area contributed by atoms with E-state index in [0.29, 0.717) is 31.8 Å². The van der Waals surface area contributed by atoms with Crippen LogP contribution in [0.2, 0.25) is 0 Å². The van der Waals surface area contributed by atoms with Crippen LogP contribution < -0.4 is 10.1 Å². The van der Waals surface area contributed by atoms with Gasteiger partial charge in [0.15, 0.2) is 0 Å². The van der Waals surface area contributed by atoms with E-state index in [-0.39, 0.29) is 10.8 Å². The molecule has 162 valence electrons. The smallest absolute Gasteiger partial charge is 0.251 e. The van der Waals surface area contributed by atoms with Crippen molar-refractivity contribution in [2.45, 2.75) is 44.4 Å². The van der Waals surface area contributed by atoms with Crippen LogP contribution in [0.25, 0.3) is 0 Å². The lowest BCUT2D eigenvalue weighted by Crippen LogP contribution is -2.32. The van der Waals surface area contributed by atoms with Crippen molar-refractivity contribution in [1.82, 2.24) is 9.62 Å². The predicted octanol–water partition coefficient (Wildman–Crippen LogP) is 3.68. The first kappa shape index (κ1) is 22.3. The molecule has 1 heterocycles. The van der Waals surface area contributed by atoms with Crippen LogP contribution in [0, 0.1) is 13.8 Å². The Kier molecular flexibility index (Phi) is 7.50. The SMILES string of the molecule is Cc1cccc(OCCNC(=O)c2cccc(S(=O)(=O)N3CCCCCC3)c2)c1C. The Balaban J connectivity index is 1.59. The highest BCUT2D eigenvalue weighted by molar-refractivity contribution is 7.89. The van der Waals surface area contributed by atoms with E-state index in [1.165, 1.54) is 10.4 Å². The van der Waals surface area contributed by atoms with Crippen LogP contribution in [0.1, 0.15) is 47.2 Å². The monoisotopic (exact) mass is 430 g/mol. The normalized spacial score (nSPS) is 15.4. The molecular formula is C23H30N2O4S. The van der Waals surface area contributed by atoms with E-state index < -0.39 is 10.0 Å². The maximum absolute atomic E-state index is 13.0. The van der Waals surface area contributed by atoms with Gasteiger partial charge in [-0.3, -0.25) is 4.79 Å². The van der Waals surface area contributed by atoms with E-state index in [9.17, 15) is 13.2 Å². The average Bonchev–Trinajstić information content (AvgIpc) is 3.04. The maximum Gasteiger partial charge on any atom is 0.251 e. The van der Waals surface area contributed by atoms with Gasteiger partial charge in [-0.15, -0.1) is 0 Å². The molecule has 0 aliphatic carbocycles. The molecule has 2 aromatic carbocycles. The lowest BCUT2D eigenvalue weighted by atomic mass is 10.1. The first-order chi connectivity index (χ1) is 14.4. The number of carbonyl (C=O) groups is 1. The summed E-state index contributed by atoms with van der Waals surface area (Å²) >= 11 is 0. The van der Waals surface area contributed by atoms with Crippen molar-refractivity contribution in [2.75, 3.05) is 26.2 Å². The standard InChI is InChI=1S/C23H30N2O4S/c1-18-9-7-12-22(19(18)2)29-16-13-24-23(26)20-10-8-11-21(17-20)30(27,28)25-14-5-3-4-6-15-25/h7-12,17H,3-6,13-16H2,1-2H3,(H,24,26). The number of benzene rings is 2. The van der Waals surface area contributed by atoms with Crippen LogP contribution in [0.5, 0.6) is 5.75 Å². The van der Waals surface area contributed by atoms with Gasteiger partial charge in [0.05, 0.1) is 11.4 Å². The number of ether oxygens (including phenoxy) is 1. The summed E-state index contributed by atoms with van der Waals surface area (Å²) in [7, 11) is -3.58. The van der Waals surface area contributed by atoms with Gasteiger partial charge in [0.1, 0.15) is 12.4 Å². The molecule has 0 bridgehead atoms. The highest BCUT2D eigenvalue weighted by atomic mass is 32.2. The number of rotatable bonds is 7. The lowest BCUT2D eigenvalue weighted by molar-refractivity contribution is 0.0946. The van der Waals surface area contributed by atoms with Crippen LogP contribution in [0.3, 0.4) is 0 Å². The molecule has 0 aromatic heterocycles. The molecule has 30 heavy (non-hydrogen) atoms. The zero-order valence-corrected chi connectivity index (χ0v) is 18.5. The number of hydrogen-bond acceptors (Lipinski definition) is 4. The van der Waals surface area contributed by atoms with E-state index in [4.69, 9.17) is 4.74 Å². The lowest BCUT2D eigenvalue weighted by Gasteiger charge is -2.20. The summed E-state index contributed by atoms with van der Waals surface area (Å²) < 4.78 is 33.2. The molecule has 2 aromatic rings. The molecule has 1 aliphatic rings. The first-order valence-corrected chi connectivity index (χ1v) is 11.9. The molecule has 7 heteroatoms. The molecule has 1 aliphatic heterocycles. The Morgan fingerprint density at radius 2 is 1.73 bits per heavy atom. The quantitative estimate of drug-likeness (QED) is 0.680. The number of aryl methyl sites for hydroxylation is 1. The number of sulfonamides is 1. The molecule has 6 nitrogen and oxygen atoms in total. The third-order valence-corrected chi connectivity index (χ3v) is 7.39. The molecule has 0 spiro atoms. The molecule has 0 saturated carbocycles. The van der Waals surface area contributed by atoms with Crippen molar-refractivity contribution in [3.05, 3.63) is 59.2 Å². The minimum Gasteiger partial charge on any atom is -0.491 e. The summed E-state index contributed by atoms with van der Waals surface area (Å²) in [6.45, 7) is 5.76. The molecular weight excluding hydrogens is 400 g/mol. The van der Waals surface area contributed by atoms with Crippen LogP contribution in [-0.2, 0) is 10.0 Å². The highest BCUT2D eigenvalue weighted by Gasteiger charge is 2.25. The molecule has 1 saturated heterocycles. The van der Waals surface area contributed by atoms with Gasteiger partial charge in [-0.2, -0.15) is 4.31 Å². The maximum atomic E-state index is 13.0. The topological polar surface area (TPSA) is 75.7 Å². The Labute approximate surface area is 179 Å². The molecule has 0 unspecified atom stereocenters. The zero-order chi connectivity index (χ0) is 21.6. The van der Waals surface area contributed by atoms with E-state index in [2.05, 4.69) is 5.32 Å². The van der Waals surface area contributed by atoms with Crippen LogP contribution >= 0.6 is 0 Å². The van der Waals surface area contributed by atoms with E-state index >= 15 is 0 Å². The Bertz CT molecular complexity index is 980. The number of carbonyl (C=O) groups excluding carboxylic acids is 1. The second kappa shape index (κ2) is 10.1. The number of nitrogens with zero attached hydrogens (tertiary/aromatic N) is 1. The molecule has 0 radical (unpaired) electrons. The van der Waals surface area contributed by atoms with Crippen molar-refractivity contribution in [3.63, 3.8) is 0 Å². The Morgan fingerprint density at radius 1 is 1.03 bits per heavy atom. The van der Waals surface area contributed by atoms with Crippen LogP contribution in [0.15, 0.2) is 47.4 Å². The number of hydrogen-bond donors (Lipinski definition) is 1. The van der Waals surface area contributed by atoms with E-state index in [1.807, 2.05) is 32.0 Å². The minimum atomic E-state index is -3.58. The van der Waals surface area contributed by atoms with Crippen molar-refractivity contribution in [1.29, 1.82) is 0 Å². The predicted molar refractivity (Wildman–Crippen MR) is 117 cm³/mol. The summed E-state index contributed by atoms with van der Waals surface area (Å²) in [5.41, 5.74) is 2.56. The van der Waals surface area contributed by atoms with Crippen molar-refractivity contribution in [3.8, 4) is 5.75 Å².